The van der Waals surface area contributed by atoms with Gasteiger partial charge in [0.15, 0.2) is 5.82 Å². The molecule has 0 saturated carbocycles. The van der Waals surface area contributed by atoms with E-state index in [2.05, 4.69) is 10.2 Å². The van der Waals surface area contributed by atoms with Gasteiger partial charge >= 0.3 is 0 Å². The lowest BCUT2D eigenvalue weighted by Crippen LogP contribution is -2.35. The monoisotopic (exact) mass is 509 g/mol. The summed E-state index contributed by atoms with van der Waals surface area (Å²) in [6, 6.07) is 16.3. The van der Waals surface area contributed by atoms with Crippen LogP contribution in [0, 0.1) is 6.92 Å². The average Bonchev–Trinajstić information content (AvgIpc) is 3.35. The summed E-state index contributed by atoms with van der Waals surface area (Å²) < 4.78 is 30.2. The molecule has 0 fully saturated rings. The number of aromatic nitrogens is 3. The molecule has 0 saturated heterocycles. The Kier molecular flexibility index (Phi) is 5.18. The van der Waals surface area contributed by atoms with E-state index in [0.29, 0.717) is 36.0 Å². The minimum atomic E-state index is -3.59. The normalized spacial score (nSPS) is 15.8. The molecule has 4 heterocycles. The molecule has 4 aromatic rings. The number of sulfonamides is 1. The second kappa shape index (κ2) is 8.13. The average molecular weight is 510 g/mol. The van der Waals surface area contributed by atoms with Crippen molar-refractivity contribution in [3.63, 3.8) is 0 Å². The SMILES string of the molecule is Cc1nnc2n1-c1sc3c(c1C(c1ccccc1Cl)=NC2)CCN(S(=O)(=O)c1ccccc1)C3. The van der Waals surface area contributed by atoms with Crippen molar-refractivity contribution in [1.82, 2.24) is 19.1 Å². The molecule has 7 nitrogen and oxygen atoms in total. The first-order valence-corrected chi connectivity index (χ1v) is 13.5. The van der Waals surface area contributed by atoms with Gasteiger partial charge in [0, 0.05) is 34.1 Å². The molecule has 0 spiro atoms. The molecular formula is C24H20ClN5O2S2. The summed E-state index contributed by atoms with van der Waals surface area (Å²) in [4.78, 5) is 6.25. The summed E-state index contributed by atoms with van der Waals surface area (Å²) in [7, 11) is -3.59. The van der Waals surface area contributed by atoms with Crippen molar-refractivity contribution in [2.45, 2.75) is 31.3 Å². The zero-order valence-corrected chi connectivity index (χ0v) is 20.7. The molecule has 2 aromatic carbocycles. The van der Waals surface area contributed by atoms with Gasteiger partial charge < -0.3 is 0 Å². The zero-order valence-electron chi connectivity index (χ0n) is 18.3. The lowest BCUT2D eigenvalue weighted by atomic mass is 9.96. The fraction of sp³-hybridized carbons (Fsp3) is 0.208. The van der Waals surface area contributed by atoms with Crippen LogP contribution in [0.3, 0.4) is 0 Å². The van der Waals surface area contributed by atoms with Crippen molar-refractivity contribution in [1.29, 1.82) is 0 Å². The standard InChI is InChI=1S/C24H20ClN5O2S2/c1-15-27-28-21-13-26-23(17-9-5-6-10-19(17)25)22-18-11-12-29(14-20(18)33-24(22)30(15)21)34(31,32)16-7-3-2-4-8-16/h2-10H,11-14H2,1H3. The minimum Gasteiger partial charge on any atom is -0.276 e. The van der Waals surface area contributed by atoms with E-state index in [9.17, 15) is 8.42 Å². The number of aliphatic imine (C=N–C) groups is 1. The molecule has 0 radical (unpaired) electrons. The number of rotatable bonds is 3. The first kappa shape index (κ1) is 21.7. The van der Waals surface area contributed by atoms with Crippen LogP contribution in [0.4, 0.5) is 0 Å². The molecule has 0 aliphatic carbocycles. The molecule has 0 bridgehead atoms. The first-order valence-electron chi connectivity index (χ1n) is 10.9. The van der Waals surface area contributed by atoms with Gasteiger partial charge in [-0.3, -0.25) is 9.56 Å². The molecule has 0 amide bonds. The quantitative estimate of drug-likeness (QED) is 0.410. The van der Waals surface area contributed by atoms with Gasteiger partial charge in [0.1, 0.15) is 17.4 Å². The maximum Gasteiger partial charge on any atom is 0.243 e. The lowest BCUT2D eigenvalue weighted by Gasteiger charge is -2.27. The molecule has 34 heavy (non-hydrogen) atoms. The maximum atomic E-state index is 13.3. The number of benzene rings is 2. The Morgan fingerprint density at radius 3 is 2.59 bits per heavy atom. The van der Waals surface area contributed by atoms with Gasteiger partial charge in [-0.15, -0.1) is 21.5 Å². The number of hydrogen-bond donors (Lipinski definition) is 0. The Morgan fingerprint density at radius 1 is 1.03 bits per heavy atom. The highest BCUT2D eigenvalue weighted by Crippen LogP contribution is 2.41. The molecule has 2 aromatic heterocycles. The van der Waals surface area contributed by atoms with E-state index in [1.165, 1.54) is 0 Å². The van der Waals surface area contributed by atoms with Gasteiger partial charge in [-0.1, -0.05) is 48.0 Å². The molecule has 0 N–H and O–H groups in total. The molecule has 2 aliphatic rings. The number of nitrogens with zero attached hydrogens (tertiary/aromatic N) is 5. The van der Waals surface area contributed by atoms with Gasteiger partial charge in [0.25, 0.3) is 0 Å². The minimum absolute atomic E-state index is 0.312. The van der Waals surface area contributed by atoms with Gasteiger partial charge in [0.05, 0.1) is 10.6 Å². The van der Waals surface area contributed by atoms with E-state index in [0.717, 1.165) is 43.9 Å². The molecule has 6 rings (SSSR count). The third-order valence-electron chi connectivity index (χ3n) is 6.22. The van der Waals surface area contributed by atoms with Crippen molar-refractivity contribution < 1.29 is 8.42 Å². The highest BCUT2D eigenvalue weighted by molar-refractivity contribution is 7.89. The third-order valence-corrected chi connectivity index (χ3v) is 9.61. The van der Waals surface area contributed by atoms with E-state index in [4.69, 9.17) is 16.6 Å². The Balaban J connectivity index is 1.51. The zero-order chi connectivity index (χ0) is 23.4. The second-order valence-corrected chi connectivity index (χ2v) is 11.7. The highest BCUT2D eigenvalue weighted by atomic mass is 35.5. The molecular weight excluding hydrogens is 490 g/mol. The topological polar surface area (TPSA) is 80.5 Å². The summed E-state index contributed by atoms with van der Waals surface area (Å²) in [5.74, 6) is 1.53. The molecule has 10 heteroatoms. The van der Waals surface area contributed by atoms with Crippen LogP contribution in [0.15, 0.2) is 64.5 Å². The predicted molar refractivity (Wildman–Crippen MR) is 133 cm³/mol. The van der Waals surface area contributed by atoms with Crippen LogP contribution in [-0.2, 0) is 29.5 Å². The van der Waals surface area contributed by atoms with Crippen molar-refractivity contribution in [3.8, 4) is 5.00 Å². The van der Waals surface area contributed by atoms with Gasteiger partial charge in [-0.25, -0.2) is 8.42 Å². The van der Waals surface area contributed by atoms with Gasteiger partial charge in [0.2, 0.25) is 10.0 Å². The van der Waals surface area contributed by atoms with E-state index in [1.54, 1.807) is 39.9 Å². The number of fused-ring (bicyclic) bond motifs is 5. The number of thiophene rings is 1. The summed E-state index contributed by atoms with van der Waals surface area (Å²) in [5, 5.41) is 10.2. The van der Waals surface area contributed by atoms with E-state index in [1.807, 2.05) is 41.8 Å². The smallest absolute Gasteiger partial charge is 0.243 e. The molecule has 2 aliphatic heterocycles. The summed E-state index contributed by atoms with van der Waals surface area (Å²) in [5.41, 5.74) is 3.81. The Hall–Kier alpha value is -2.85. The van der Waals surface area contributed by atoms with E-state index < -0.39 is 10.0 Å². The van der Waals surface area contributed by atoms with Crippen LogP contribution >= 0.6 is 22.9 Å². The molecule has 172 valence electrons. The van der Waals surface area contributed by atoms with Crippen LogP contribution in [0.5, 0.6) is 0 Å². The largest absolute Gasteiger partial charge is 0.276 e. The summed E-state index contributed by atoms with van der Waals surface area (Å²) in [6.45, 7) is 3.03. The molecule has 0 atom stereocenters. The fourth-order valence-corrected chi connectivity index (χ4v) is 7.76. The van der Waals surface area contributed by atoms with Crippen molar-refractivity contribution >= 4 is 38.7 Å². The predicted octanol–water partition coefficient (Wildman–Crippen LogP) is 4.39. The number of aryl methyl sites for hydroxylation is 1. The lowest BCUT2D eigenvalue weighted by molar-refractivity contribution is 0.395. The van der Waals surface area contributed by atoms with Crippen LogP contribution in [0.25, 0.3) is 5.00 Å². The van der Waals surface area contributed by atoms with Crippen LogP contribution < -0.4 is 0 Å². The Labute approximate surface area is 206 Å². The van der Waals surface area contributed by atoms with Crippen molar-refractivity contribution in [3.05, 3.63) is 92.8 Å². The van der Waals surface area contributed by atoms with Gasteiger partial charge in [-0.2, -0.15) is 4.31 Å². The fourth-order valence-electron chi connectivity index (χ4n) is 4.59. The second-order valence-electron chi connectivity index (χ2n) is 8.23. The molecule has 0 unspecified atom stereocenters. The first-order chi connectivity index (χ1) is 16.4. The van der Waals surface area contributed by atoms with Crippen LogP contribution in [-0.4, -0.2) is 39.7 Å². The third kappa shape index (κ3) is 3.34. The number of hydrogen-bond acceptors (Lipinski definition) is 6. The van der Waals surface area contributed by atoms with Crippen LogP contribution in [0.2, 0.25) is 5.02 Å². The maximum absolute atomic E-state index is 13.3. The Morgan fingerprint density at radius 2 is 1.79 bits per heavy atom. The summed E-state index contributed by atoms with van der Waals surface area (Å²) in [6.07, 6.45) is 0.590. The van der Waals surface area contributed by atoms with E-state index >= 15 is 0 Å². The summed E-state index contributed by atoms with van der Waals surface area (Å²) >= 11 is 8.18. The van der Waals surface area contributed by atoms with Gasteiger partial charge in [-0.05, 0) is 37.1 Å². The van der Waals surface area contributed by atoms with Crippen LogP contribution in [0.1, 0.15) is 33.2 Å². The highest BCUT2D eigenvalue weighted by Gasteiger charge is 2.35. The van der Waals surface area contributed by atoms with E-state index in [-0.39, 0.29) is 0 Å². The van der Waals surface area contributed by atoms with Crippen molar-refractivity contribution in [2.24, 2.45) is 4.99 Å². The number of halogens is 1. The van der Waals surface area contributed by atoms with Crippen molar-refractivity contribution in [2.75, 3.05) is 6.54 Å². The Bertz CT molecular complexity index is 1560.